The zero-order valence-corrected chi connectivity index (χ0v) is 10.7. The molecule has 1 atom stereocenters. The van der Waals surface area contributed by atoms with Crippen molar-refractivity contribution in [2.75, 3.05) is 0 Å². The van der Waals surface area contributed by atoms with Crippen LogP contribution < -0.4 is 11.2 Å². The Morgan fingerprint density at radius 2 is 2.05 bits per heavy atom. The van der Waals surface area contributed by atoms with Crippen LogP contribution >= 0.6 is 0 Å². The molecule has 0 aromatic heterocycles. The van der Waals surface area contributed by atoms with Crippen LogP contribution in [-0.4, -0.2) is 29.0 Å². The highest BCUT2D eigenvalue weighted by Gasteiger charge is 2.33. The van der Waals surface area contributed by atoms with Crippen LogP contribution in [0.1, 0.15) is 18.4 Å². The molecule has 0 spiro atoms. The minimum atomic E-state index is -0.871. The average molecular weight is 277 g/mol. The fourth-order valence-electron chi connectivity index (χ4n) is 1.77. The molecule has 1 unspecified atom stereocenters. The Bertz CT molecular complexity index is 518. The average Bonchev–Trinajstić information content (AvgIpc) is 2.46. The fraction of sp³-hybridized carbons (Fsp3) is 0.308. The predicted molar refractivity (Wildman–Crippen MR) is 68.8 cm³/mol. The van der Waals surface area contributed by atoms with Crippen molar-refractivity contribution in [1.29, 1.82) is 0 Å². The number of amides is 3. The third-order valence-electron chi connectivity index (χ3n) is 2.87. The summed E-state index contributed by atoms with van der Waals surface area (Å²) < 4.78 is 4.93. The number of imide groups is 1. The van der Waals surface area contributed by atoms with Gasteiger partial charge in [0, 0.05) is 6.42 Å². The van der Waals surface area contributed by atoms with Gasteiger partial charge in [0.15, 0.2) is 0 Å². The predicted octanol–water partition coefficient (Wildman–Crippen LogP) is 0.304. The normalized spacial score (nSPS) is 18.9. The van der Waals surface area contributed by atoms with Crippen LogP contribution in [0.15, 0.2) is 30.3 Å². The third kappa shape index (κ3) is 3.33. The standard InChI is InChI=1S/C13H15N3O4/c14-10-6-7-11(17)16(12(10)18)15-13(19)20-8-9-4-2-1-3-5-9/h1-5,10H,6-8,14H2,(H,15,19). The summed E-state index contributed by atoms with van der Waals surface area (Å²) in [6, 6.07) is 8.28. The van der Waals surface area contributed by atoms with E-state index in [1.165, 1.54) is 0 Å². The lowest BCUT2D eigenvalue weighted by atomic mass is 10.1. The van der Waals surface area contributed by atoms with E-state index in [0.29, 0.717) is 5.01 Å². The number of nitrogens with two attached hydrogens (primary N) is 1. The molecule has 0 saturated carbocycles. The number of hydrogen-bond acceptors (Lipinski definition) is 5. The molecule has 3 N–H and O–H groups in total. The summed E-state index contributed by atoms with van der Waals surface area (Å²) in [4.78, 5) is 34.8. The molecule has 0 radical (unpaired) electrons. The number of hydrazine groups is 1. The number of hydrogen-bond donors (Lipinski definition) is 2. The van der Waals surface area contributed by atoms with Crippen LogP contribution in [0.5, 0.6) is 0 Å². The van der Waals surface area contributed by atoms with Gasteiger partial charge in [-0.1, -0.05) is 30.3 Å². The Morgan fingerprint density at radius 3 is 2.75 bits per heavy atom. The van der Waals surface area contributed by atoms with Gasteiger partial charge in [-0.2, -0.15) is 5.01 Å². The monoisotopic (exact) mass is 277 g/mol. The first-order chi connectivity index (χ1) is 9.58. The lowest BCUT2D eigenvalue weighted by Crippen LogP contribution is -2.58. The van der Waals surface area contributed by atoms with Gasteiger partial charge in [0.25, 0.3) is 5.91 Å². The van der Waals surface area contributed by atoms with Gasteiger partial charge in [0.1, 0.15) is 6.61 Å². The van der Waals surface area contributed by atoms with Crippen molar-refractivity contribution in [3.63, 3.8) is 0 Å². The van der Waals surface area contributed by atoms with E-state index in [-0.39, 0.29) is 19.4 Å². The lowest BCUT2D eigenvalue weighted by molar-refractivity contribution is -0.152. The van der Waals surface area contributed by atoms with Crippen LogP contribution in [0.25, 0.3) is 0 Å². The minimum Gasteiger partial charge on any atom is -0.443 e. The van der Waals surface area contributed by atoms with Gasteiger partial charge in [0.2, 0.25) is 5.91 Å². The molecule has 0 aliphatic carbocycles. The summed E-state index contributed by atoms with van der Waals surface area (Å²) in [6.45, 7) is 0.0505. The molecule has 1 aromatic carbocycles. The summed E-state index contributed by atoms with van der Waals surface area (Å²) in [7, 11) is 0. The molecule has 1 aromatic rings. The van der Waals surface area contributed by atoms with Crippen molar-refractivity contribution in [2.45, 2.75) is 25.5 Å². The van der Waals surface area contributed by atoms with E-state index < -0.39 is 23.9 Å². The van der Waals surface area contributed by atoms with Crippen LogP contribution in [-0.2, 0) is 20.9 Å². The summed E-state index contributed by atoms with van der Waals surface area (Å²) in [5.74, 6) is -1.12. The molecular formula is C13H15N3O4. The molecule has 0 bridgehead atoms. The zero-order chi connectivity index (χ0) is 14.5. The lowest BCUT2D eigenvalue weighted by Gasteiger charge is -2.28. The van der Waals surface area contributed by atoms with Gasteiger partial charge in [-0.3, -0.25) is 9.59 Å². The fourth-order valence-corrected chi connectivity index (χ4v) is 1.77. The van der Waals surface area contributed by atoms with Gasteiger partial charge in [-0.15, -0.1) is 0 Å². The van der Waals surface area contributed by atoms with E-state index in [4.69, 9.17) is 10.5 Å². The molecule has 1 aliphatic rings. The summed E-state index contributed by atoms with van der Waals surface area (Å²) in [5, 5.41) is 0.626. The van der Waals surface area contributed by atoms with Gasteiger partial charge in [-0.05, 0) is 12.0 Å². The van der Waals surface area contributed by atoms with Crippen LogP contribution in [0.4, 0.5) is 4.79 Å². The van der Waals surface area contributed by atoms with Crippen molar-refractivity contribution >= 4 is 17.9 Å². The number of benzene rings is 1. The number of carbonyl (C=O) groups is 3. The Morgan fingerprint density at radius 1 is 1.35 bits per heavy atom. The van der Waals surface area contributed by atoms with Crippen LogP contribution in [0.2, 0.25) is 0 Å². The number of nitrogens with zero attached hydrogens (tertiary/aromatic N) is 1. The Kier molecular flexibility index (Phi) is 4.31. The quantitative estimate of drug-likeness (QED) is 0.774. The van der Waals surface area contributed by atoms with Crippen molar-refractivity contribution in [3.05, 3.63) is 35.9 Å². The van der Waals surface area contributed by atoms with Gasteiger partial charge >= 0.3 is 6.09 Å². The SMILES string of the molecule is NC1CCC(=O)N(NC(=O)OCc2ccccc2)C1=O. The number of ether oxygens (including phenoxy) is 1. The summed E-state index contributed by atoms with van der Waals surface area (Å²) >= 11 is 0. The highest BCUT2D eigenvalue weighted by atomic mass is 16.6. The Hall–Kier alpha value is -2.41. The molecule has 3 amide bonds. The number of rotatable bonds is 3. The van der Waals surface area contributed by atoms with Crippen molar-refractivity contribution in [3.8, 4) is 0 Å². The summed E-state index contributed by atoms with van der Waals surface area (Å²) in [6.07, 6.45) is -0.467. The van der Waals surface area contributed by atoms with Gasteiger partial charge in [-0.25, -0.2) is 10.2 Å². The Labute approximate surface area is 115 Å². The topological polar surface area (TPSA) is 102 Å². The van der Waals surface area contributed by atoms with E-state index in [0.717, 1.165) is 5.56 Å². The maximum Gasteiger partial charge on any atom is 0.426 e. The first-order valence-electron chi connectivity index (χ1n) is 6.17. The minimum absolute atomic E-state index is 0.0505. The number of piperidine rings is 1. The molecule has 1 fully saturated rings. The molecule has 20 heavy (non-hydrogen) atoms. The van der Waals surface area contributed by atoms with Gasteiger partial charge in [0.05, 0.1) is 6.04 Å². The molecule has 7 heteroatoms. The molecule has 106 valence electrons. The Balaban J connectivity index is 1.87. The second-order valence-corrected chi connectivity index (χ2v) is 4.39. The maximum absolute atomic E-state index is 11.7. The van der Waals surface area contributed by atoms with Crippen molar-refractivity contribution < 1.29 is 19.1 Å². The van der Waals surface area contributed by atoms with Crippen molar-refractivity contribution in [1.82, 2.24) is 10.4 Å². The van der Waals surface area contributed by atoms with E-state index >= 15 is 0 Å². The molecule has 1 saturated heterocycles. The third-order valence-corrected chi connectivity index (χ3v) is 2.87. The molecule has 7 nitrogen and oxygen atoms in total. The maximum atomic E-state index is 11.7. The van der Waals surface area contributed by atoms with E-state index in [9.17, 15) is 14.4 Å². The number of nitrogens with one attached hydrogen (secondary N) is 1. The van der Waals surface area contributed by atoms with E-state index in [1.54, 1.807) is 12.1 Å². The molecule has 1 aliphatic heterocycles. The first kappa shape index (κ1) is 14.0. The van der Waals surface area contributed by atoms with Crippen LogP contribution in [0.3, 0.4) is 0 Å². The highest BCUT2D eigenvalue weighted by molar-refractivity contribution is 6.01. The summed E-state index contributed by atoms with van der Waals surface area (Å²) in [5.41, 5.74) is 8.45. The van der Waals surface area contributed by atoms with Gasteiger partial charge < -0.3 is 10.5 Å². The number of carbonyl (C=O) groups excluding carboxylic acids is 3. The van der Waals surface area contributed by atoms with E-state index in [1.807, 2.05) is 18.2 Å². The first-order valence-corrected chi connectivity index (χ1v) is 6.17. The molecule has 2 rings (SSSR count). The smallest absolute Gasteiger partial charge is 0.426 e. The van der Waals surface area contributed by atoms with Crippen LogP contribution in [0, 0.1) is 0 Å². The second kappa shape index (κ2) is 6.16. The van der Waals surface area contributed by atoms with E-state index in [2.05, 4.69) is 5.43 Å². The van der Waals surface area contributed by atoms with Crippen molar-refractivity contribution in [2.24, 2.45) is 5.73 Å². The highest BCUT2D eigenvalue weighted by Crippen LogP contribution is 2.09. The molecular weight excluding hydrogens is 262 g/mol. The zero-order valence-electron chi connectivity index (χ0n) is 10.7. The second-order valence-electron chi connectivity index (χ2n) is 4.39. The molecule has 1 heterocycles. The largest absolute Gasteiger partial charge is 0.443 e.